The summed E-state index contributed by atoms with van der Waals surface area (Å²) < 4.78 is 45.9. The highest BCUT2D eigenvalue weighted by Gasteiger charge is 2.39. The number of carbonyl (C=O) groups excluding carboxylic acids is 1. The molecule has 1 unspecified atom stereocenters. The van der Waals surface area contributed by atoms with E-state index in [1.165, 1.54) is 16.7 Å². The summed E-state index contributed by atoms with van der Waals surface area (Å²) in [5.41, 5.74) is 5.29. The summed E-state index contributed by atoms with van der Waals surface area (Å²) in [5.74, 6) is -3.19. The molecular weight excluding hydrogens is 630 g/mol. The third-order valence-electron chi connectivity index (χ3n) is 7.95. The zero-order valence-corrected chi connectivity index (χ0v) is 26.1. The molecule has 0 bridgehead atoms. The van der Waals surface area contributed by atoms with Crippen LogP contribution in [0.4, 0.5) is 18.9 Å². The number of halogens is 5. The SMILES string of the molecule is C=CC(=O)N1CCN(c2c(C#N)c(=O)n(-c3c(C)ccnc3C(C)C)c3nc(C4=C(F)[C@H](N)C(F)C(F)=C4Cl)c(Cl)cc23)CC1. The van der Waals surface area contributed by atoms with Crippen LogP contribution in [0.2, 0.25) is 5.02 Å². The Morgan fingerprint density at radius 2 is 1.87 bits per heavy atom. The number of nitrogens with zero attached hydrogens (tertiary/aromatic N) is 6. The predicted molar refractivity (Wildman–Crippen MR) is 168 cm³/mol. The Bertz CT molecular complexity index is 1920. The lowest BCUT2D eigenvalue weighted by molar-refractivity contribution is -0.126. The number of rotatable bonds is 5. The summed E-state index contributed by atoms with van der Waals surface area (Å²) in [5, 5.41) is 9.50. The minimum atomic E-state index is -2.51. The van der Waals surface area contributed by atoms with E-state index in [9.17, 15) is 23.6 Å². The fraction of sp³-hybridized carbons (Fsp3) is 0.323. The third-order valence-corrected chi connectivity index (χ3v) is 8.61. The van der Waals surface area contributed by atoms with Crippen LogP contribution in [0.1, 0.15) is 42.3 Å². The zero-order chi connectivity index (χ0) is 32.9. The van der Waals surface area contributed by atoms with Crippen LogP contribution in [0.15, 0.2) is 52.5 Å². The molecule has 234 valence electrons. The summed E-state index contributed by atoms with van der Waals surface area (Å²) in [7, 11) is 0. The van der Waals surface area contributed by atoms with Crippen LogP contribution in [0, 0.1) is 18.3 Å². The van der Waals surface area contributed by atoms with E-state index in [1.54, 1.807) is 29.0 Å². The molecule has 0 saturated carbocycles. The lowest BCUT2D eigenvalue weighted by Gasteiger charge is -2.36. The molecule has 1 saturated heterocycles. The molecular formula is C31H28Cl2F3N7O2. The van der Waals surface area contributed by atoms with Gasteiger partial charge in [0, 0.05) is 37.8 Å². The Morgan fingerprint density at radius 1 is 1.20 bits per heavy atom. The van der Waals surface area contributed by atoms with Crippen molar-refractivity contribution in [1.82, 2.24) is 19.4 Å². The number of fused-ring (bicyclic) bond motifs is 1. The molecule has 1 amide bonds. The summed E-state index contributed by atoms with van der Waals surface area (Å²) >= 11 is 12.8. The average Bonchev–Trinajstić information content (AvgIpc) is 3.02. The maximum Gasteiger partial charge on any atom is 0.276 e. The molecule has 4 heterocycles. The minimum Gasteiger partial charge on any atom is -0.366 e. The van der Waals surface area contributed by atoms with Gasteiger partial charge in [-0.1, -0.05) is 43.6 Å². The number of nitrogens with two attached hydrogens (primary N) is 1. The quantitative estimate of drug-likeness (QED) is 0.367. The molecule has 1 aliphatic heterocycles. The van der Waals surface area contributed by atoms with E-state index in [1.807, 2.05) is 19.9 Å². The summed E-state index contributed by atoms with van der Waals surface area (Å²) in [4.78, 5) is 39.0. The van der Waals surface area contributed by atoms with E-state index in [-0.39, 0.29) is 71.0 Å². The lowest BCUT2D eigenvalue weighted by Crippen LogP contribution is -2.49. The number of pyridine rings is 3. The van der Waals surface area contributed by atoms with Crippen molar-refractivity contribution < 1.29 is 18.0 Å². The largest absolute Gasteiger partial charge is 0.366 e. The Hall–Kier alpha value is -4.18. The molecule has 3 aromatic heterocycles. The summed E-state index contributed by atoms with van der Waals surface area (Å²) in [6.45, 7) is 10.1. The van der Waals surface area contributed by atoms with Gasteiger partial charge in [-0.25, -0.2) is 18.2 Å². The molecule has 14 heteroatoms. The molecule has 5 rings (SSSR count). The Morgan fingerprint density at radius 3 is 2.47 bits per heavy atom. The van der Waals surface area contributed by atoms with Gasteiger partial charge in [0.25, 0.3) is 5.56 Å². The van der Waals surface area contributed by atoms with Crippen LogP contribution in [-0.2, 0) is 4.79 Å². The van der Waals surface area contributed by atoms with Gasteiger partial charge in [-0.05, 0) is 36.6 Å². The van der Waals surface area contributed by atoms with Gasteiger partial charge in [-0.2, -0.15) is 5.26 Å². The second-order valence-corrected chi connectivity index (χ2v) is 11.8. The molecule has 1 aliphatic carbocycles. The van der Waals surface area contributed by atoms with E-state index >= 15 is 4.39 Å². The highest BCUT2D eigenvalue weighted by Crippen LogP contribution is 2.44. The van der Waals surface area contributed by atoms with Gasteiger partial charge in [-0.3, -0.25) is 19.1 Å². The second kappa shape index (κ2) is 12.3. The van der Waals surface area contributed by atoms with Gasteiger partial charge < -0.3 is 15.5 Å². The van der Waals surface area contributed by atoms with Crippen molar-refractivity contribution >= 4 is 51.4 Å². The van der Waals surface area contributed by atoms with Crippen molar-refractivity contribution in [3.63, 3.8) is 0 Å². The third kappa shape index (κ3) is 5.28. The monoisotopic (exact) mass is 657 g/mol. The molecule has 1 fully saturated rings. The van der Waals surface area contributed by atoms with Gasteiger partial charge in [-0.15, -0.1) is 0 Å². The number of alkyl halides is 1. The molecule has 2 aliphatic rings. The average molecular weight is 659 g/mol. The Balaban J connectivity index is 1.90. The van der Waals surface area contributed by atoms with Crippen molar-refractivity contribution in [1.29, 1.82) is 5.26 Å². The molecule has 2 atom stereocenters. The number of hydrogen-bond acceptors (Lipinski definition) is 7. The lowest BCUT2D eigenvalue weighted by atomic mass is 9.96. The zero-order valence-electron chi connectivity index (χ0n) is 24.5. The van der Waals surface area contributed by atoms with Gasteiger partial charge >= 0.3 is 0 Å². The maximum atomic E-state index is 15.5. The van der Waals surface area contributed by atoms with Crippen molar-refractivity contribution in [2.75, 3.05) is 31.1 Å². The fourth-order valence-corrected chi connectivity index (χ4v) is 6.19. The van der Waals surface area contributed by atoms with E-state index < -0.39 is 40.0 Å². The van der Waals surface area contributed by atoms with E-state index in [0.717, 1.165) is 0 Å². The van der Waals surface area contributed by atoms with E-state index in [4.69, 9.17) is 28.9 Å². The van der Waals surface area contributed by atoms with Crippen LogP contribution in [0.5, 0.6) is 0 Å². The maximum absolute atomic E-state index is 15.5. The van der Waals surface area contributed by atoms with Crippen molar-refractivity contribution in [3.8, 4) is 11.8 Å². The molecule has 0 radical (unpaired) electrons. The highest BCUT2D eigenvalue weighted by molar-refractivity contribution is 6.39. The van der Waals surface area contributed by atoms with Crippen LogP contribution >= 0.6 is 23.2 Å². The second-order valence-electron chi connectivity index (χ2n) is 11.0. The molecule has 0 spiro atoms. The topological polar surface area (TPSA) is 121 Å². The number of nitriles is 1. The number of aromatic nitrogens is 3. The molecule has 9 nitrogen and oxygen atoms in total. The number of aryl methyl sites for hydroxylation is 1. The predicted octanol–water partition coefficient (Wildman–Crippen LogP) is 5.35. The minimum absolute atomic E-state index is 0.0582. The van der Waals surface area contributed by atoms with Gasteiger partial charge in [0.1, 0.15) is 23.1 Å². The Kier molecular flexibility index (Phi) is 8.81. The fourth-order valence-electron chi connectivity index (χ4n) is 5.66. The summed E-state index contributed by atoms with van der Waals surface area (Å²) in [6.07, 6.45) is 0.284. The first-order valence-electron chi connectivity index (χ1n) is 14.0. The van der Waals surface area contributed by atoms with E-state index in [2.05, 4.69) is 16.5 Å². The number of anilines is 1. The van der Waals surface area contributed by atoms with Crippen molar-refractivity contribution in [2.45, 2.75) is 38.9 Å². The molecule has 3 aromatic rings. The van der Waals surface area contributed by atoms with Crippen LogP contribution in [0.3, 0.4) is 0 Å². The molecule has 2 N–H and O–H groups in total. The number of carbonyl (C=O) groups is 1. The first-order chi connectivity index (χ1) is 21.3. The smallest absolute Gasteiger partial charge is 0.276 e. The molecule has 0 aromatic carbocycles. The van der Waals surface area contributed by atoms with Crippen LogP contribution in [0.25, 0.3) is 22.3 Å². The van der Waals surface area contributed by atoms with Gasteiger partial charge in [0.05, 0.1) is 44.4 Å². The summed E-state index contributed by atoms with van der Waals surface area (Å²) in [6, 6.07) is 3.10. The van der Waals surface area contributed by atoms with Crippen LogP contribution < -0.4 is 16.2 Å². The van der Waals surface area contributed by atoms with Crippen LogP contribution in [-0.4, -0.2) is 63.7 Å². The first kappa shape index (κ1) is 32.2. The van der Waals surface area contributed by atoms with Gasteiger partial charge in [0.15, 0.2) is 12.0 Å². The number of amides is 1. The van der Waals surface area contributed by atoms with Gasteiger partial charge in [0.2, 0.25) is 5.91 Å². The van der Waals surface area contributed by atoms with Crippen molar-refractivity contribution in [3.05, 3.63) is 85.6 Å². The van der Waals surface area contributed by atoms with E-state index in [0.29, 0.717) is 16.9 Å². The normalized spacial score (nSPS) is 19.0. The number of allylic oxidation sites excluding steroid dienone is 2. The molecule has 45 heavy (non-hydrogen) atoms. The number of hydrogen-bond donors (Lipinski definition) is 1. The number of piperazine rings is 1. The standard InChI is InChI=1S/C31H28Cl2F3N7O2/c1-5-19(44)41-8-10-42(11-9-41)29-16-12-18(32)27(20-21(33)23(35)24(36)25(38)22(20)34)40-30(16)43(31(45)17(29)13-37)28-15(4)6-7-39-26(28)14(2)3/h5-7,12,14,24-25H,1,8-11,38H2,2-4H3/t24?,25-/m0/s1. The van der Waals surface area contributed by atoms with Crippen molar-refractivity contribution in [2.24, 2.45) is 5.73 Å². The highest BCUT2D eigenvalue weighted by atomic mass is 35.5. The Labute approximate surface area is 266 Å². The first-order valence-corrected chi connectivity index (χ1v) is 14.8.